The lowest BCUT2D eigenvalue weighted by Gasteiger charge is -2.06. The molecular formula is C20H18N2O3S. The Bertz CT molecular complexity index is 935. The summed E-state index contributed by atoms with van der Waals surface area (Å²) in [6.07, 6.45) is 0. The number of aryl methyl sites for hydroxylation is 1. The number of carbonyl (C=O) groups excluding carboxylic acids is 2. The Morgan fingerprint density at radius 1 is 1.12 bits per heavy atom. The van der Waals surface area contributed by atoms with Crippen LogP contribution in [0.1, 0.15) is 32.6 Å². The van der Waals surface area contributed by atoms with Crippen LogP contribution in [-0.4, -0.2) is 23.5 Å². The lowest BCUT2D eigenvalue weighted by Crippen LogP contribution is -2.12. The van der Waals surface area contributed by atoms with Gasteiger partial charge in [0.2, 0.25) is 0 Å². The molecule has 2 aromatic carbocycles. The van der Waals surface area contributed by atoms with Crippen molar-refractivity contribution in [3.8, 4) is 10.6 Å². The molecular weight excluding hydrogens is 348 g/mol. The Kier molecular flexibility index (Phi) is 5.43. The van der Waals surface area contributed by atoms with Gasteiger partial charge < -0.3 is 10.1 Å². The molecule has 0 fully saturated rings. The van der Waals surface area contributed by atoms with Crippen molar-refractivity contribution in [1.29, 1.82) is 0 Å². The zero-order valence-electron chi connectivity index (χ0n) is 14.5. The van der Waals surface area contributed by atoms with Crippen molar-refractivity contribution >= 4 is 28.9 Å². The molecule has 0 bridgehead atoms. The monoisotopic (exact) mass is 366 g/mol. The summed E-state index contributed by atoms with van der Waals surface area (Å²) in [4.78, 5) is 29.5. The molecule has 0 radical (unpaired) electrons. The molecule has 0 saturated carbocycles. The first-order valence-corrected chi connectivity index (χ1v) is 9.01. The first-order chi connectivity index (χ1) is 12.6. The number of hydrogen-bond donors (Lipinski definition) is 1. The van der Waals surface area contributed by atoms with Crippen molar-refractivity contribution in [1.82, 2.24) is 4.98 Å². The Morgan fingerprint density at radius 3 is 2.62 bits per heavy atom. The number of carbonyl (C=O) groups is 2. The first kappa shape index (κ1) is 17.8. The maximum Gasteiger partial charge on any atom is 0.338 e. The van der Waals surface area contributed by atoms with E-state index in [1.165, 1.54) is 11.3 Å². The summed E-state index contributed by atoms with van der Waals surface area (Å²) in [5, 5.41) is 3.62. The second kappa shape index (κ2) is 7.93. The Balaban J connectivity index is 1.80. The zero-order chi connectivity index (χ0) is 18.5. The minimum absolute atomic E-state index is 0.247. The van der Waals surface area contributed by atoms with Gasteiger partial charge in [-0.25, -0.2) is 9.78 Å². The van der Waals surface area contributed by atoms with E-state index >= 15 is 0 Å². The van der Waals surface area contributed by atoms with Crippen molar-refractivity contribution in [2.24, 2.45) is 0 Å². The molecule has 5 nitrogen and oxygen atoms in total. The van der Waals surface area contributed by atoms with E-state index in [9.17, 15) is 9.59 Å². The molecule has 0 atom stereocenters. The molecule has 1 N–H and O–H groups in total. The quantitative estimate of drug-likeness (QED) is 0.673. The first-order valence-electron chi connectivity index (χ1n) is 8.20. The SMILES string of the molecule is CCOC(=O)c1cccc(NC(=O)c2sc(-c3ccccc3)nc2C)c1. The number of nitrogens with zero attached hydrogens (tertiary/aromatic N) is 1. The lowest BCUT2D eigenvalue weighted by atomic mass is 10.2. The van der Waals surface area contributed by atoms with Crippen LogP contribution in [0, 0.1) is 6.92 Å². The van der Waals surface area contributed by atoms with Crippen LogP contribution in [0.25, 0.3) is 10.6 Å². The molecule has 0 aliphatic rings. The van der Waals surface area contributed by atoms with Crippen molar-refractivity contribution in [3.05, 3.63) is 70.7 Å². The summed E-state index contributed by atoms with van der Waals surface area (Å²) in [7, 11) is 0. The van der Waals surface area contributed by atoms with Gasteiger partial charge in [-0.2, -0.15) is 0 Å². The van der Waals surface area contributed by atoms with Crippen LogP contribution in [0.5, 0.6) is 0 Å². The normalized spacial score (nSPS) is 10.4. The van der Waals surface area contributed by atoms with Crippen LogP contribution in [-0.2, 0) is 4.74 Å². The van der Waals surface area contributed by atoms with Gasteiger partial charge in [0, 0.05) is 11.3 Å². The average Bonchev–Trinajstić information content (AvgIpc) is 3.05. The van der Waals surface area contributed by atoms with Crippen LogP contribution in [0.4, 0.5) is 5.69 Å². The van der Waals surface area contributed by atoms with Crippen LogP contribution in [0.2, 0.25) is 0 Å². The lowest BCUT2D eigenvalue weighted by molar-refractivity contribution is 0.0526. The third kappa shape index (κ3) is 3.97. The fourth-order valence-electron chi connectivity index (χ4n) is 2.44. The third-order valence-electron chi connectivity index (χ3n) is 3.66. The molecule has 26 heavy (non-hydrogen) atoms. The number of anilines is 1. The number of ether oxygens (including phenoxy) is 1. The average molecular weight is 366 g/mol. The van der Waals surface area contributed by atoms with Gasteiger partial charge in [0.15, 0.2) is 0 Å². The molecule has 0 aliphatic heterocycles. The van der Waals surface area contributed by atoms with E-state index in [0.717, 1.165) is 10.6 Å². The van der Waals surface area contributed by atoms with E-state index in [4.69, 9.17) is 4.74 Å². The van der Waals surface area contributed by atoms with Gasteiger partial charge in [-0.15, -0.1) is 11.3 Å². The fourth-order valence-corrected chi connectivity index (χ4v) is 3.40. The molecule has 132 valence electrons. The van der Waals surface area contributed by atoms with E-state index in [1.807, 2.05) is 37.3 Å². The molecule has 0 unspecified atom stereocenters. The topological polar surface area (TPSA) is 68.3 Å². The summed E-state index contributed by atoms with van der Waals surface area (Å²) < 4.78 is 4.98. The number of rotatable bonds is 5. The molecule has 1 amide bonds. The van der Waals surface area contributed by atoms with Gasteiger partial charge in [0.05, 0.1) is 17.9 Å². The number of aromatic nitrogens is 1. The maximum absolute atomic E-state index is 12.6. The highest BCUT2D eigenvalue weighted by Crippen LogP contribution is 2.28. The van der Waals surface area contributed by atoms with Crippen LogP contribution < -0.4 is 5.32 Å². The smallest absolute Gasteiger partial charge is 0.338 e. The molecule has 1 heterocycles. The number of esters is 1. The van der Waals surface area contributed by atoms with E-state index in [0.29, 0.717) is 28.4 Å². The molecule has 3 rings (SSSR count). The largest absolute Gasteiger partial charge is 0.462 e. The second-order valence-electron chi connectivity index (χ2n) is 5.55. The van der Waals surface area contributed by atoms with Gasteiger partial charge in [-0.05, 0) is 32.0 Å². The summed E-state index contributed by atoms with van der Waals surface area (Å²) >= 11 is 1.34. The molecule has 0 saturated heterocycles. The standard InChI is InChI=1S/C20H18N2O3S/c1-3-25-20(24)15-10-7-11-16(12-15)22-18(23)17-13(2)21-19(26-17)14-8-5-4-6-9-14/h4-12H,3H2,1-2H3,(H,22,23). The molecule has 6 heteroatoms. The van der Waals surface area contributed by atoms with Crippen LogP contribution >= 0.6 is 11.3 Å². The predicted molar refractivity (Wildman–Crippen MR) is 103 cm³/mol. The zero-order valence-corrected chi connectivity index (χ0v) is 15.3. The van der Waals surface area contributed by atoms with E-state index in [-0.39, 0.29) is 5.91 Å². The predicted octanol–water partition coefficient (Wildman–Crippen LogP) is 4.55. The van der Waals surface area contributed by atoms with Crippen molar-refractivity contribution in [2.45, 2.75) is 13.8 Å². The van der Waals surface area contributed by atoms with Crippen molar-refractivity contribution in [2.75, 3.05) is 11.9 Å². The summed E-state index contributed by atoms with van der Waals surface area (Å²) in [5.74, 6) is -0.660. The summed E-state index contributed by atoms with van der Waals surface area (Å²) in [6, 6.07) is 16.4. The Hall–Kier alpha value is -2.99. The maximum atomic E-state index is 12.6. The number of thiazole rings is 1. The number of hydrogen-bond acceptors (Lipinski definition) is 5. The number of benzene rings is 2. The van der Waals surface area contributed by atoms with Crippen molar-refractivity contribution in [3.63, 3.8) is 0 Å². The minimum Gasteiger partial charge on any atom is -0.462 e. The molecule has 0 aliphatic carbocycles. The Morgan fingerprint density at radius 2 is 1.88 bits per heavy atom. The number of amides is 1. The summed E-state index contributed by atoms with van der Waals surface area (Å²) in [5.41, 5.74) is 2.59. The van der Waals surface area contributed by atoms with E-state index in [1.54, 1.807) is 31.2 Å². The van der Waals surface area contributed by atoms with Gasteiger partial charge in [0.1, 0.15) is 9.88 Å². The van der Waals surface area contributed by atoms with E-state index < -0.39 is 5.97 Å². The molecule has 0 spiro atoms. The minimum atomic E-state index is -0.413. The second-order valence-corrected chi connectivity index (χ2v) is 6.55. The highest BCUT2D eigenvalue weighted by Gasteiger charge is 2.17. The molecule has 3 aromatic rings. The van der Waals surface area contributed by atoms with Gasteiger partial charge in [-0.1, -0.05) is 36.4 Å². The highest BCUT2D eigenvalue weighted by molar-refractivity contribution is 7.17. The number of nitrogens with one attached hydrogen (secondary N) is 1. The van der Waals surface area contributed by atoms with Gasteiger partial charge >= 0.3 is 5.97 Å². The van der Waals surface area contributed by atoms with Crippen LogP contribution in [0.3, 0.4) is 0 Å². The third-order valence-corrected chi connectivity index (χ3v) is 4.86. The van der Waals surface area contributed by atoms with Gasteiger partial charge in [-0.3, -0.25) is 4.79 Å². The Labute approximate surface area is 155 Å². The van der Waals surface area contributed by atoms with Crippen molar-refractivity contribution < 1.29 is 14.3 Å². The fraction of sp³-hybridized carbons (Fsp3) is 0.150. The molecule has 1 aromatic heterocycles. The van der Waals surface area contributed by atoms with Crippen LogP contribution in [0.15, 0.2) is 54.6 Å². The summed E-state index contributed by atoms with van der Waals surface area (Å²) in [6.45, 7) is 3.87. The van der Waals surface area contributed by atoms with E-state index in [2.05, 4.69) is 10.3 Å². The highest BCUT2D eigenvalue weighted by atomic mass is 32.1. The van der Waals surface area contributed by atoms with Gasteiger partial charge in [0.25, 0.3) is 5.91 Å².